The number of benzene rings is 1. The van der Waals surface area contributed by atoms with Gasteiger partial charge in [-0.1, -0.05) is 13.0 Å². The molecule has 0 saturated heterocycles. The zero-order chi connectivity index (χ0) is 12.0. The minimum absolute atomic E-state index is 0.0914. The van der Waals surface area contributed by atoms with Gasteiger partial charge in [0.1, 0.15) is 5.82 Å². The van der Waals surface area contributed by atoms with Gasteiger partial charge in [0.15, 0.2) is 0 Å². The van der Waals surface area contributed by atoms with Crippen LogP contribution in [0.15, 0.2) is 18.2 Å². The molecular weight excluding hydrogens is 207 g/mol. The number of rotatable bonds is 4. The van der Waals surface area contributed by atoms with Gasteiger partial charge in [-0.05, 0) is 18.6 Å². The summed E-state index contributed by atoms with van der Waals surface area (Å²) in [6, 6.07) is 6.07. The maximum atomic E-state index is 13.4. The Bertz CT molecular complexity index is 424. The molecule has 16 heavy (non-hydrogen) atoms. The maximum absolute atomic E-state index is 13.4. The predicted molar refractivity (Wildman–Crippen MR) is 57.9 cm³/mol. The van der Waals surface area contributed by atoms with Crippen LogP contribution in [0.25, 0.3) is 0 Å². The van der Waals surface area contributed by atoms with Crippen molar-refractivity contribution < 1.29 is 9.18 Å². The quantitative estimate of drug-likeness (QED) is 0.844. The molecule has 0 unspecified atom stereocenters. The van der Waals surface area contributed by atoms with E-state index in [1.54, 1.807) is 0 Å². The van der Waals surface area contributed by atoms with Gasteiger partial charge < -0.3 is 5.32 Å². The van der Waals surface area contributed by atoms with Crippen molar-refractivity contribution in [2.45, 2.75) is 26.3 Å². The first-order valence-electron chi connectivity index (χ1n) is 5.12. The molecule has 84 valence electrons. The van der Waals surface area contributed by atoms with E-state index in [-0.39, 0.29) is 18.0 Å². The highest BCUT2D eigenvalue weighted by atomic mass is 19.1. The standard InChI is InChI=1S/C12H13FN2O/c1-2-3-12(16)15-8-10-5-4-9(7-14)6-11(10)13/h4-6H,2-3,8H2,1H3,(H,15,16). The number of nitrogens with one attached hydrogen (secondary N) is 1. The molecule has 1 aromatic rings. The van der Waals surface area contributed by atoms with Crippen molar-refractivity contribution in [2.24, 2.45) is 0 Å². The van der Waals surface area contributed by atoms with Crippen LogP contribution < -0.4 is 5.32 Å². The number of nitriles is 1. The molecule has 0 fully saturated rings. The molecule has 1 amide bonds. The van der Waals surface area contributed by atoms with Crippen molar-refractivity contribution in [3.63, 3.8) is 0 Å². The molecule has 0 aromatic heterocycles. The molecule has 1 aromatic carbocycles. The third kappa shape index (κ3) is 3.35. The average Bonchev–Trinajstić information content (AvgIpc) is 2.27. The Kier molecular flexibility index (Phi) is 4.46. The summed E-state index contributed by atoms with van der Waals surface area (Å²) >= 11 is 0. The molecule has 0 aliphatic heterocycles. The van der Waals surface area contributed by atoms with E-state index in [4.69, 9.17) is 5.26 Å². The van der Waals surface area contributed by atoms with Gasteiger partial charge in [-0.25, -0.2) is 4.39 Å². The molecule has 0 radical (unpaired) electrons. The smallest absolute Gasteiger partial charge is 0.220 e. The normalized spacial score (nSPS) is 9.56. The van der Waals surface area contributed by atoms with E-state index in [1.807, 2.05) is 13.0 Å². The van der Waals surface area contributed by atoms with Gasteiger partial charge in [0.2, 0.25) is 5.91 Å². The number of halogens is 1. The second-order valence-electron chi connectivity index (χ2n) is 3.44. The molecule has 0 bridgehead atoms. The van der Waals surface area contributed by atoms with Crippen molar-refractivity contribution >= 4 is 5.91 Å². The Morgan fingerprint density at radius 2 is 2.31 bits per heavy atom. The Balaban J connectivity index is 2.62. The lowest BCUT2D eigenvalue weighted by atomic mass is 10.1. The lowest BCUT2D eigenvalue weighted by Gasteiger charge is -2.05. The molecule has 0 atom stereocenters. The fourth-order valence-corrected chi connectivity index (χ4v) is 1.27. The number of amides is 1. The van der Waals surface area contributed by atoms with Gasteiger partial charge in [-0.3, -0.25) is 4.79 Å². The lowest BCUT2D eigenvalue weighted by Crippen LogP contribution is -2.22. The maximum Gasteiger partial charge on any atom is 0.220 e. The number of nitrogens with zero attached hydrogens (tertiary/aromatic N) is 1. The molecule has 1 rings (SSSR count). The molecule has 0 saturated carbocycles. The summed E-state index contributed by atoms with van der Waals surface area (Å²) < 4.78 is 13.4. The molecule has 4 heteroatoms. The van der Waals surface area contributed by atoms with E-state index in [2.05, 4.69) is 5.32 Å². The van der Waals surface area contributed by atoms with E-state index in [0.717, 1.165) is 6.42 Å². The molecular formula is C12H13FN2O. The van der Waals surface area contributed by atoms with Gasteiger partial charge in [0.05, 0.1) is 11.6 Å². The van der Waals surface area contributed by atoms with Gasteiger partial charge in [-0.15, -0.1) is 0 Å². The highest BCUT2D eigenvalue weighted by Crippen LogP contribution is 2.09. The first-order chi connectivity index (χ1) is 7.67. The first-order valence-corrected chi connectivity index (χ1v) is 5.12. The van der Waals surface area contributed by atoms with Crippen molar-refractivity contribution in [3.8, 4) is 6.07 Å². The minimum Gasteiger partial charge on any atom is -0.352 e. The predicted octanol–water partition coefficient (Wildman–Crippen LogP) is 2.11. The number of hydrogen-bond acceptors (Lipinski definition) is 2. The Morgan fingerprint density at radius 3 is 2.88 bits per heavy atom. The average molecular weight is 220 g/mol. The number of hydrogen-bond donors (Lipinski definition) is 1. The van der Waals surface area contributed by atoms with E-state index < -0.39 is 5.82 Å². The van der Waals surface area contributed by atoms with Crippen LogP contribution in [-0.2, 0) is 11.3 Å². The zero-order valence-electron chi connectivity index (χ0n) is 9.09. The molecule has 0 heterocycles. The minimum atomic E-state index is -0.462. The van der Waals surface area contributed by atoms with Gasteiger partial charge in [0.25, 0.3) is 0 Å². The summed E-state index contributed by atoms with van der Waals surface area (Å²) in [5.41, 5.74) is 0.671. The lowest BCUT2D eigenvalue weighted by molar-refractivity contribution is -0.121. The van der Waals surface area contributed by atoms with E-state index in [1.165, 1.54) is 18.2 Å². The van der Waals surface area contributed by atoms with Crippen LogP contribution in [0.1, 0.15) is 30.9 Å². The SMILES string of the molecule is CCCC(=O)NCc1ccc(C#N)cc1F. The second kappa shape index (κ2) is 5.86. The fraction of sp³-hybridized carbons (Fsp3) is 0.333. The Morgan fingerprint density at radius 1 is 1.56 bits per heavy atom. The van der Waals surface area contributed by atoms with Crippen LogP contribution in [0.2, 0.25) is 0 Å². The van der Waals surface area contributed by atoms with E-state index in [9.17, 15) is 9.18 Å². The van der Waals surface area contributed by atoms with Crippen LogP contribution in [-0.4, -0.2) is 5.91 Å². The Hall–Kier alpha value is -1.89. The summed E-state index contributed by atoms with van der Waals surface area (Å²) in [5, 5.41) is 11.2. The number of carbonyl (C=O) groups is 1. The molecule has 0 aliphatic carbocycles. The summed E-state index contributed by atoms with van der Waals surface area (Å²) in [5.74, 6) is -0.554. The number of carbonyl (C=O) groups excluding carboxylic acids is 1. The van der Waals surface area contributed by atoms with Gasteiger partial charge >= 0.3 is 0 Å². The van der Waals surface area contributed by atoms with Crippen molar-refractivity contribution in [3.05, 3.63) is 35.1 Å². The molecule has 0 spiro atoms. The molecule has 3 nitrogen and oxygen atoms in total. The highest BCUT2D eigenvalue weighted by Gasteiger charge is 2.05. The topological polar surface area (TPSA) is 52.9 Å². The molecule has 1 N–H and O–H groups in total. The third-order valence-electron chi connectivity index (χ3n) is 2.14. The summed E-state index contributed by atoms with van der Waals surface area (Å²) in [6.07, 6.45) is 1.21. The summed E-state index contributed by atoms with van der Waals surface area (Å²) in [4.78, 5) is 11.2. The zero-order valence-corrected chi connectivity index (χ0v) is 9.09. The highest BCUT2D eigenvalue weighted by molar-refractivity contribution is 5.75. The summed E-state index contributed by atoms with van der Waals surface area (Å²) in [6.45, 7) is 2.07. The monoisotopic (exact) mass is 220 g/mol. The second-order valence-corrected chi connectivity index (χ2v) is 3.44. The van der Waals surface area contributed by atoms with Crippen molar-refractivity contribution in [2.75, 3.05) is 0 Å². The van der Waals surface area contributed by atoms with Crippen molar-refractivity contribution in [1.82, 2.24) is 5.32 Å². The van der Waals surface area contributed by atoms with E-state index in [0.29, 0.717) is 12.0 Å². The third-order valence-corrected chi connectivity index (χ3v) is 2.14. The first kappa shape index (κ1) is 12.2. The van der Waals surface area contributed by atoms with Crippen molar-refractivity contribution in [1.29, 1.82) is 5.26 Å². The summed E-state index contributed by atoms with van der Waals surface area (Å²) in [7, 11) is 0. The van der Waals surface area contributed by atoms with Crippen LogP contribution >= 0.6 is 0 Å². The van der Waals surface area contributed by atoms with Crippen LogP contribution in [0.3, 0.4) is 0 Å². The fourth-order valence-electron chi connectivity index (χ4n) is 1.27. The van der Waals surface area contributed by atoms with Crippen LogP contribution in [0.5, 0.6) is 0 Å². The van der Waals surface area contributed by atoms with Gasteiger partial charge in [-0.2, -0.15) is 5.26 Å². The molecule has 0 aliphatic rings. The van der Waals surface area contributed by atoms with E-state index >= 15 is 0 Å². The van der Waals surface area contributed by atoms with Gasteiger partial charge in [0, 0.05) is 18.5 Å². The largest absolute Gasteiger partial charge is 0.352 e. The van der Waals surface area contributed by atoms with Crippen LogP contribution in [0.4, 0.5) is 4.39 Å². The Labute approximate surface area is 93.9 Å². The van der Waals surface area contributed by atoms with Crippen LogP contribution in [0, 0.1) is 17.1 Å².